The summed E-state index contributed by atoms with van der Waals surface area (Å²) in [6.45, 7) is -1.67. The molecule has 3 N–H and O–H groups in total. The molecule has 0 aliphatic rings. The summed E-state index contributed by atoms with van der Waals surface area (Å²) in [6.07, 6.45) is -4.66. The Morgan fingerprint density at radius 3 is 2.41 bits per heavy atom. The molecule has 0 saturated heterocycles. The third kappa shape index (κ3) is 5.06. The molecule has 0 aliphatic heterocycles. The number of ether oxygens (including phenoxy) is 1. The van der Waals surface area contributed by atoms with Crippen LogP contribution >= 0.6 is 0 Å². The lowest BCUT2D eigenvalue weighted by Gasteiger charge is -2.10. The van der Waals surface area contributed by atoms with Gasteiger partial charge in [0.05, 0.1) is 12.0 Å². The van der Waals surface area contributed by atoms with Crippen LogP contribution in [0.5, 0.6) is 5.75 Å². The van der Waals surface area contributed by atoms with Crippen molar-refractivity contribution in [3.8, 4) is 5.75 Å². The number of fused-ring (bicyclic) bond motifs is 1. The van der Waals surface area contributed by atoms with Crippen molar-refractivity contribution >= 4 is 32.5 Å². The number of benzene rings is 2. The van der Waals surface area contributed by atoms with E-state index in [1.54, 1.807) is 24.3 Å². The third-order valence-electron chi connectivity index (χ3n) is 3.96. The second-order valence-electron chi connectivity index (χ2n) is 6.05. The summed E-state index contributed by atoms with van der Waals surface area (Å²) < 4.78 is 67.0. The minimum Gasteiger partial charge on any atom is -0.497 e. The van der Waals surface area contributed by atoms with E-state index in [9.17, 15) is 26.4 Å². The van der Waals surface area contributed by atoms with Crippen molar-refractivity contribution in [2.24, 2.45) is 0 Å². The van der Waals surface area contributed by atoms with Gasteiger partial charge in [0.1, 0.15) is 18.0 Å². The summed E-state index contributed by atoms with van der Waals surface area (Å²) in [5.74, 6) is 0.160. The van der Waals surface area contributed by atoms with Gasteiger partial charge in [0, 0.05) is 22.7 Å². The van der Waals surface area contributed by atoms with Gasteiger partial charge in [0.2, 0.25) is 10.0 Å². The summed E-state index contributed by atoms with van der Waals surface area (Å²) in [4.78, 5) is 15.0. The van der Waals surface area contributed by atoms with Gasteiger partial charge >= 0.3 is 6.18 Å². The highest BCUT2D eigenvalue weighted by molar-refractivity contribution is 7.89. The molecule has 3 aromatic rings. The molecule has 0 saturated carbocycles. The van der Waals surface area contributed by atoms with Gasteiger partial charge in [-0.2, -0.15) is 13.2 Å². The van der Waals surface area contributed by atoms with Crippen LogP contribution < -0.4 is 14.8 Å². The number of H-pyrrole nitrogens is 1. The molecular formula is C18H16F3N3O4S. The van der Waals surface area contributed by atoms with Crippen LogP contribution in [0.4, 0.5) is 18.9 Å². The maximum atomic E-state index is 12.4. The predicted molar refractivity (Wildman–Crippen MR) is 100 cm³/mol. The smallest absolute Gasteiger partial charge is 0.402 e. The summed E-state index contributed by atoms with van der Waals surface area (Å²) in [7, 11) is -2.79. The highest BCUT2D eigenvalue weighted by atomic mass is 32.2. The van der Waals surface area contributed by atoms with Crippen molar-refractivity contribution in [1.29, 1.82) is 0 Å². The lowest BCUT2D eigenvalue weighted by Crippen LogP contribution is -2.33. The molecule has 0 fully saturated rings. The minimum absolute atomic E-state index is 0.275. The Balaban J connectivity index is 1.71. The molecule has 0 atom stereocenters. The molecule has 7 nitrogen and oxygen atoms in total. The van der Waals surface area contributed by atoms with E-state index in [1.165, 1.54) is 24.0 Å². The van der Waals surface area contributed by atoms with Crippen LogP contribution in [0.3, 0.4) is 0 Å². The van der Waals surface area contributed by atoms with E-state index in [2.05, 4.69) is 10.3 Å². The normalized spacial score (nSPS) is 12.1. The molecule has 29 heavy (non-hydrogen) atoms. The molecule has 0 unspecified atom stereocenters. The van der Waals surface area contributed by atoms with Gasteiger partial charge in [-0.05, 0) is 42.5 Å². The number of hydrogen-bond acceptors (Lipinski definition) is 4. The lowest BCUT2D eigenvalue weighted by atomic mass is 10.2. The molecule has 0 radical (unpaired) electrons. The Labute approximate surface area is 163 Å². The second-order valence-corrected chi connectivity index (χ2v) is 7.82. The van der Waals surface area contributed by atoms with Crippen LogP contribution in [0, 0.1) is 0 Å². The van der Waals surface area contributed by atoms with Crippen molar-refractivity contribution < 1.29 is 31.1 Å². The fraction of sp³-hybridized carbons (Fsp3) is 0.167. The molecule has 1 heterocycles. The summed E-state index contributed by atoms with van der Waals surface area (Å²) in [5, 5.41) is 3.39. The number of rotatable bonds is 6. The Morgan fingerprint density at radius 2 is 1.79 bits per heavy atom. The van der Waals surface area contributed by atoms with Crippen LogP contribution in [0.25, 0.3) is 10.9 Å². The molecule has 1 aromatic heterocycles. The highest BCUT2D eigenvalue weighted by Crippen LogP contribution is 2.22. The monoisotopic (exact) mass is 427 g/mol. The molecule has 3 rings (SSSR count). The molecule has 2 aromatic carbocycles. The number of hydrogen-bond donors (Lipinski definition) is 3. The fourth-order valence-electron chi connectivity index (χ4n) is 2.53. The average molecular weight is 427 g/mol. The number of alkyl halides is 3. The van der Waals surface area contributed by atoms with E-state index >= 15 is 0 Å². The Kier molecular flexibility index (Phi) is 5.53. The van der Waals surface area contributed by atoms with Crippen LogP contribution in [0.15, 0.2) is 53.4 Å². The minimum atomic E-state index is -4.66. The Hall–Kier alpha value is -3.05. The van der Waals surface area contributed by atoms with E-state index in [0.717, 1.165) is 17.5 Å². The lowest BCUT2D eigenvalue weighted by molar-refractivity contribution is -0.121. The molecule has 154 valence electrons. The van der Waals surface area contributed by atoms with E-state index < -0.39 is 28.7 Å². The van der Waals surface area contributed by atoms with Crippen molar-refractivity contribution in [2.45, 2.75) is 11.1 Å². The van der Waals surface area contributed by atoms with Gasteiger partial charge in [0.15, 0.2) is 0 Å². The van der Waals surface area contributed by atoms with Gasteiger partial charge in [-0.1, -0.05) is 0 Å². The van der Waals surface area contributed by atoms with E-state index in [1.807, 2.05) is 0 Å². The predicted octanol–water partition coefficient (Wildman–Crippen LogP) is 3.27. The van der Waals surface area contributed by atoms with Gasteiger partial charge in [-0.15, -0.1) is 0 Å². The van der Waals surface area contributed by atoms with Crippen molar-refractivity contribution in [2.75, 3.05) is 19.0 Å². The van der Waals surface area contributed by atoms with Crippen LogP contribution in [-0.2, 0) is 10.0 Å². The molecule has 1 amide bonds. The van der Waals surface area contributed by atoms with Gasteiger partial charge in [0.25, 0.3) is 5.91 Å². The summed E-state index contributed by atoms with van der Waals surface area (Å²) >= 11 is 0. The summed E-state index contributed by atoms with van der Waals surface area (Å²) in [5.41, 5.74) is 1.25. The number of aromatic amines is 1. The number of aromatic nitrogens is 1. The quantitative estimate of drug-likeness (QED) is 0.562. The maximum Gasteiger partial charge on any atom is 0.402 e. The zero-order valence-electron chi connectivity index (χ0n) is 15.0. The molecule has 0 bridgehead atoms. The number of amides is 1. The largest absolute Gasteiger partial charge is 0.497 e. The fourth-order valence-corrected chi connectivity index (χ4v) is 3.55. The molecule has 0 aliphatic carbocycles. The van der Waals surface area contributed by atoms with Gasteiger partial charge in [-0.25, -0.2) is 13.1 Å². The van der Waals surface area contributed by atoms with Crippen LogP contribution in [0.1, 0.15) is 10.5 Å². The highest BCUT2D eigenvalue weighted by Gasteiger charge is 2.30. The summed E-state index contributed by atoms with van der Waals surface area (Å²) in [6, 6.07) is 11.7. The maximum absolute atomic E-state index is 12.4. The van der Waals surface area contributed by atoms with Crippen molar-refractivity contribution in [3.05, 3.63) is 54.2 Å². The first-order valence-electron chi connectivity index (χ1n) is 8.22. The zero-order chi connectivity index (χ0) is 21.2. The van der Waals surface area contributed by atoms with E-state index in [4.69, 9.17) is 4.74 Å². The average Bonchev–Trinajstić information content (AvgIpc) is 3.10. The molecular weight excluding hydrogens is 411 g/mol. The number of carbonyl (C=O) groups excluding carboxylic acids is 1. The first kappa shape index (κ1) is 20.7. The number of carbonyl (C=O) groups is 1. The number of methoxy groups -OCH3 is 1. The van der Waals surface area contributed by atoms with E-state index in [0.29, 0.717) is 11.3 Å². The first-order chi connectivity index (χ1) is 13.6. The first-order valence-corrected chi connectivity index (χ1v) is 9.70. The Bertz CT molecular complexity index is 1140. The molecule has 11 heteroatoms. The number of anilines is 1. The van der Waals surface area contributed by atoms with Gasteiger partial charge in [-0.3, -0.25) is 4.79 Å². The van der Waals surface area contributed by atoms with Crippen molar-refractivity contribution in [3.63, 3.8) is 0 Å². The third-order valence-corrected chi connectivity index (χ3v) is 5.38. The number of halogens is 3. The zero-order valence-corrected chi connectivity index (χ0v) is 15.8. The SMILES string of the molecule is COc1ccc2cc(C(=O)Nc3ccc(S(=O)(=O)NCC(F)(F)F)cc3)[nH]c2c1. The number of sulfonamides is 1. The van der Waals surface area contributed by atoms with Gasteiger partial charge < -0.3 is 15.0 Å². The Morgan fingerprint density at radius 1 is 1.10 bits per heavy atom. The molecule has 0 spiro atoms. The van der Waals surface area contributed by atoms with Crippen LogP contribution in [-0.4, -0.2) is 39.1 Å². The van der Waals surface area contributed by atoms with Crippen LogP contribution in [0.2, 0.25) is 0 Å². The topological polar surface area (TPSA) is 100 Å². The number of nitrogens with one attached hydrogen (secondary N) is 3. The van der Waals surface area contributed by atoms with Crippen molar-refractivity contribution in [1.82, 2.24) is 9.71 Å². The standard InChI is InChI=1S/C18H16F3N3O4S/c1-28-13-5-2-11-8-16(24-15(11)9-13)17(25)23-12-3-6-14(7-4-12)29(26,27)22-10-18(19,20)21/h2-9,22,24H,10H2,1H3,(H,23,25). The second kappa shape index (κ2) is 7.76. The van der Waals surface area contributed by atoms with E-state index in [-0.39, 0.29) is 16.3 Å².